The molecule has 0 spiro atoms. The number of nitrogens with two attached hydrogens (primary N) is 3. The summed E-state index contributed by atoms with van der Waals surface area (Å²) in [5.41, 5.74) is 16.6. The lowest BCUT2D eigenvalue weighted by Crippen LogP contribution is -2.33. The predicted molar refractivity (Wildman–Crippen MR) is 116 cm³/mol. The van der Waals surface area contributed by atoms with Gasteiger partial charge in [-0.3, -0.25) is 4.79 Å². The molecule has 0 saturated carbocycles. The van der Waals surface area contributed by atoms with Crippen LogP contribution in [0.3, 0.4) is 0 Å². The van der Waals surface area contributed by atoms with Crippen LogP contribution in [0.25, 0.3) is 0 Å². The Morgan fingerprint density at radius 1 is 1.13 bits per heavy atom. The number of imidazole rings is 1. The van der Waals surface area contributed by atoms with Crippen molar-refractivity contribution in [3.63, 3.8) is 0 Å². The molecule has 2 rings (SSSR count). The number of aryl methyl sites for hydroxylation is 1. The van der Waals surface area contributed by atoms with Gasteiger partial charge < -0.3 is 32.2 Å². The third-order valence-corrected chi connectivity index (χ3v) is 4.39. The van der Waals surface area contributed by atoms with E-state index in [1.807, 2.05) is 6.20 Å². The van der Waals surface area contributed by atoms with Gasteiger partial charge in [0.1, 0.15) is 5.82 Å². The average Bonchev–Trinajstić information content (AvgIpc) is 3.22. The van der Waals surface area contributed by atoms with Gasteiger partial charge in [0.2, 0.25) is 0 Å². The van der Waals surface area contributed by atoms with E-state index in [4.69, 9.17) is 33.5 Å². The molecule has 0 aliphatic heterocycles. The van der Waals surface area contributed by atoms with Crippen LogP contribution in [0.15, 0.2) is 17.4 Å². The molecule has 0 aliphatic carbocycles. The number of carbonyl (C=O) groups excluding carboxylic acids is 1. The summed E-state index contributed by atoms with van der Waals surface area (Å²) in [7, 11) is 0. The van der Waals surface area contributed by atoms with Crippen LogP contribution in [-0.2, 0) is 11.2 Å². The highest BCUT2D eigenvalue weighted by atomic mass is 35.5. The first-order valence-corrected chi connectivity index (χ1v) is 10.1. The smallest absolute Gasteiger partial charge is 0.302 e. The number of carbonyl (C=O) groups is 1. The van der Waals surface area contributed by atoms with E-state index in [2.05, 4.69) is 30.2 Å². The van der Waals surface area contributed by atoms with Crippen LogP contribution in [0, 0.1) is 0 Å². The van der Waals surface area contributed by atoms with Crippen LogP contribution >= 0.6 is 11.6 Å². The third kappa shape index (κ3) is 8.21. The standard InChI is InChI=1S/C18H28ClN9O2/c19-14-16(21)27-15(20)13(26-14)17(29)28-18(22)25-7-3-1-2-4-10-30-11-5-6-12-23-8-9-24-12/h8-9H,1-7,10-11H2,(H,23,24)(H4,20,21,27)(H3,22,25,28,29). The third-order valence-electron chi connectivity index (χ3n) is 4.11. The summed E-state index contributed by atoms with van der Waals surface area (Å²) >= 11 is 5.75. The lowest BCUT2D eigenvalue weighted by atomic mass is 10.2. The SMILES string of the molecule is N/C(=N\C(=O)c1nc(Cl)c(N)nc1N)NCCCCCCOCCCc1ncc[nH]1. The highest BCUT2D eigenvalue weighted by Crippen LogP contribution is 2.17. The molecule has 0 aliphatic rings. The second-order valence-electron chi connectivity index (χ2n) is 6.53. The Balaban J connectivity index is 1.52. The molecular weight excluding hydrogens is 410 g/mol. The fourth-order valence-corrected chi connectivity index (χ4v) is 2.71. The number of hydrogen-bond acceptors (Lipinski definition) is 7. The largest absolute Gasteiger partial charge is 0.382 e. The monoisotopic (exact) mass is 437 g/mol. The summed E-state index contributed by atoms with van der Waals surface area (Å²) in [6.07, 6.45) is 9.37. The number of halogens is 1. The van der Waals surface area contributed by atoms with E-state index in [1.165, 1.54) is 0 Å². The molecule has 11 nitrogen and oxygen atoms in total. The molecule has 0 bridgehead atoms. The summed E-state index contributed by atoms with van der Waals surface area (Å²) in [5, 5.41) is 2.77. The van der Waals surface area contributed by atoms with Gasteiger partial charge in [0.25, 0.3) is 0 Å². The number of guanidine groups is 1. The number of nitrogens with zero attached hydrogens (tertiary/aromatic N) is 4. The van der Waals surface area contributed by atoms with E-state index >= 15 is 0 Å². The van der Waals surface area contributed by atoms with Crippen LogP contribution in [-0.4, -0.2) is 51.6 Å². The Labute approximate surface area is 179 Å². The molecule has 0 fully saturated rings. The number of unbranched alkanes of at least 4 members (excludes halogenated alkanes) is 3. The molecule has 12 heteroatoms. The van der Waals surface area contributed by atoms with Crippen molar-refractivity contribution in [1.82, 2.24) is 25.3 Å². The number of nitrogens with one attached hydrogen (secondary N) is 2. The zero-order chi connectivity index (χ0) is 21.8. The fourth-order valence-electron chi connectivity index (χ4n) is 2.58. The molecule has 0 radical (unpaired) electrons. The van der Waals surface area contributed by atoms with Crippen LogP contribution in [0.2, 0.25) is 5.15 Å². The molecule has 2 heterocycles. The van der Waals surface area contributed by atoms with Crippen molar-refractivity contribution >= 4 is 35.1 Å². The molecule has 8 N–H and O–H groups in total. The molecule has 2 aromatic rings. The zero-order valence-corrected chi connectivity index (χ0v) is 17.5. The number of ether oxygens (including phenoxy) is 1. The molecule has 0 saturated heterocycles. The predicted octanol–water partition coefficient (Wildman–Crippen LogP) is 1.27. The summed E-state index contributed by atoms with van der Waals surface area (Å²) in [5.74, 6) is 0.0242. The van der Waals surface area contributed by atoms with Crippen molar-refractivity contribution in [3.05, 3.63) is 29.1 Å². The molecular formula is C18H28ClN9O2. The summed E-state index contributed by atoms with van der Waals surface area (Å²) in [6, 6.07) is 0. The van der Waals surface area contributed by atoms with E-state index in [0.29, 0.717) is 6.54 Å². The normalized spacial score (nSPS) is 11.6. The number of anilines is 2. The van der Waals surface area contributed by atoms with Crippen LogP contribution < -0.4 is 22.5 Å². The number of aromatic amines is 1. The average molecular weight is 438 g/mol. The minimum Gasteiger partial charge on any atom is -0.382 e. The van der Waals surface area contributed by atoms with E-state index < -0.39 is 5.91 Å². The first-order chi connectivity index (χ1) is 14.5. The molecule has 30 heavy (non-hydrogen) atoms. The molecule has 164 valence electrons. The van der Waals surface area contributed by atoms with Gasteiger partial charge in [0.15, 0.2) is 28.4 Å². The van der Waals surface area contributed by atoms with Crippen molar-refractivity contribution in [3.8, 4) is 0 Å². The maximum atomic E-state index is 12.1. The van der Waals surface area contributed by atoms with Crippen molar-refractivity contribution in [2.45, 2.75) is 38.5 Å². The minimum atomic E-state index is -0.740. The van der Waals surface area contributed by atoms with E-state index in [9.17, 15) is 4.79 Å². The van der Waals surface area contributed by atoms with E-state index in [-0.39, 0.29) is 28.4 Å². The maximum absolute atomic E-state index is 12.1. The van der Waals surface area contributed by atoms with E-state index in [0.717, 1.165) is 57.6 Å². The van der Waals surface area contributed by atoms with Crippen molar-refractivity contribution in [2.75, 3.05) is 31.2 Å². The number of hydrogen-bond donors (Lipinski definition) is 5. The van der Waals surface area contributed by atoms with Crippen molar-refractivity contribution < 1.29 is 9.53 Å². The van der Waals surface area contributed by atoms with Crippen LogP contribution in [0.4, 0.5) is 11.6 Å². The Hall–Kier alpha value is -2.92. The van der Waals surface area contributed by atoms with Gasteiger partial charge in [0.05, 0.1) is 0 Å². The van der Waals surface area contributed by atoms with E-state index in [1.54, 1.807) is 6.20 Å². The van der Waals surface area contributed by atoms with Gasteiger partial charge in [-0.15, -0.1) is 0 Å². The van der Waals surface area contributed by atoms with Gasteiger partial charge in [-0.1, -0.05) is 24.4 Å². The Morgan fingerprint density at radius 3 is 2.67 bits per heavy atom. The number of rotatable bonds is 12. The van der Waals surface area contributed by atoms with Crippen LogP contribution in [0.1, 0.15) is 48.4 Å². The quantitative estimate of drug-likeness (QED) is 0.185. The van der Waals surface area contributed by atoms with Gasteiger partial charge in [-0.2, -0.15) is 4.99 Å². The number of aromatic nitrogens is 4. The van der Waals surface area contributed by atoms with Crippen molar-refractivity contribution in [2.24, 2.45) is 10.7 Å². The summed E-state index contributed by atoms with van der Waals surface area (Å²) in [4.78, 5) is 30.6. The highest BCUT2D eigenvalue weighted by molar-refractivity contribution is 6.31. The molecule has 0 aromatic carbocycles. The van der Waals surface area contributed by atoms with Crippen LogP contribution in [0.5, 0.6) is 0 Å². The molecule has 2 aromatic heterocycles. The first kappa shape index (κ1) is 23.4. The lowest BCUT2D eigenvalue weighted by Gasteiger charge is -2.07. The molecule has 0 unspecified atom stereocenters. The second kappa shape index (κ2) is 12.6. The zero-order valence-electron chi connectivity index (χ0n) is 16.7. The lowest BCUT2D eigenvalue weighted by molar-refractivity contribution is 0.0998. The summed E-state index contributed by atoms with van der Waals surface area (Å²) in [6.45, 7) is 2.07. The molecule has 1 amide bonds. The number of nitrogen functional groups attached to an aromatic ring is 2. The molecule has 0 atom stereocenters. The number of H-pyrrole nitrogens is 1. The van der Waals surface area contributed by atoms with Crippen molar-refractivity contribution in [1.29, 1.82) is 0 Å². The minimum absolute atomic E-state index is 0.0194. The number of aliphatic imine (C=N–C) groups is 1. The Morgan fingerprint density at radius 2 is 1.90 bits per heavy atom. The second-order valence-corrected chi connectivity index (χ2v) is 6.89. The Bertz CT molecular complexity index is 827. The highest BCUT2D eigenvalue weighted by Gasteiger charge is 2.15. The van der Waals surface area contributed by atoms with Gasteiger partial charge >= 0.3 is 5.91 Å². The first-order valence-electron chi connectivity index (χ1n) is 9.74. The van der Waals surface area contributed by atoms with Gasteiger partial charge in [0, 0.05) is 38.6 Å². The summed E-state index contributed by atoms with van der Waals surface area (Å²) < 4.78 is 5.62. The maximum Gasteiger partial charge on any atom is 0.302 e. The van der Waals surface area contributed by atoms with Gasteiger partial charge in [-0.25, -0.2) is 15.0 Å². The topological polar surface area (TPSA) is 183 Å². The number of amides is 1. The Kier molecular flexibility index (Phi) is 9.81. The van der Waals surface area contributed by atoms with Gasteiger partial charge in [-0.05, 0) is 19.3 Å². The fraction of sp³-hybridized carbons (Fsp3) is 0.500.